The lowest BCUT2D eigenvalue weighted by Gasteiger charge is -2.23. The molecule has 0 aliphatic heterocycles. The minimum Gasteiger partial charge on any atom is -0.367 e. The summed E-state index contributed by atoms with van der Waals surface area (Å²) in [5, 5.41) is 12.4. The molecule has 1 saturated carbocycles. The molecule has 0 saturated heterocycles. The first-order valence-electron chi connectivity index (χ1n) is 10.3. The fourth-order valence-electron chi connectivity index (χ4n) is 3.90. The van der Waals surface area contributed by atoms with Crippen LogP contribution in [0.5, 0.6) is 0 Å². The number of aromatic amines is 1. The standard InChI is InChI=1S/C21H27N5.2CH2O/c1-14(2)12-15-8-10-22-18(13-15)20-19-17(25-26-20)9-11-23-21(19)24-16-6-4-3-5-7-16;2*1-2/h8-11,13-14,16H,3-7,12H2,1-2H3,(H,23,24)(H,25,26);2*1H2. The molecule has 0 unspecified atom stereocenters. The van der Waals surface area contributed by atoms with Gasteiger partial charge in [-0.3, -0.25) is 10.1 Å². The summed E-state index contributed by atoms with van der Waals surface area (Å²) in [5.74, 6) is 1.54. The monoisotopic (exact) mass is 409 g/mol. The van der Waals surface area contributed by atoms with Crippen LogP contribution in [0.3, 0.4) is 0 Å². The van der Waals surface area contributed by atoms with Gasteiger partial charge in [-0.2, -0.15) is 5.10 Å². The van der Waals surface area contributed by atoms with E-state index in [1.165, 1.54) is 37.7 Å². The van der Waals surface area contributed by atoms with Crippen LogP contribution in [0, 0.1) is 5.92 Å². The molecular weight excluding hydrogens is 378 g/mol. The van der Waals surface area contributed by atoms with Gasteiger partial charge in [0.15, 0.2) is 0 Å². The van der Waals surface area contributed by atoms with E-state index in [2.05, 4.69) is 51.5 Å². The second-order valence-corrected chi connectivity index (χ2v) is 7.78. The number of fused-ring (bicyclic) bond motifs is 1. The van der Waals surface area contributed by atoms with E-state index in [1.807, 2.05) is 32.0 Å². The number of nitrogens with zero attached hydrogens (tertiary/aromatic N) is 3. The van der Waals surface area contributed by atoms with Gasteiger partial charge < -0.3 is 14.9 Å². The van der Waals surface area contributed by atoms with Crippen LogP contribution in [0.4, 0.5) is 5.82 Å². The maximum absolute atomic E-state index is 8.00. The van der Waals surface area contributed by atoms with Gasteiger partial charge in [-0.05, 0) is 48.9 Å². The van der Waals surface area contributed by atoms with Gasteiger partial charge in [-0.1, -0.05) is 33.1 Å². The fraction of sp³-hybridized carbons (Fsp3) is 0.435. The molecule has 3 heterocycles. The summed E-state index contributed by atoms with van der Waals surface area (Å²) in [6.45, 7) is 8.47. The molecule has 0 amide bonds. The molecule has 4 rings (SSSR count). The Kier molecular flexibility index (Phi) is 9.12. The summed E-state index contributed by atoms with van der Waals surface area (Å²) < 4.78 is 0. The summed E-state index contributed by atoms with van der Waals surface area (Å²) in [6.07, 6.45) is 11.1. The molecule has 2 N–H and O–H groups in total. The number of anilines is 1. The van der Waals surface area contributed by atoms with Crippen LogP contribution in [-0.4, -0.2) is 39.8 Å². The zero-order valence-electron chi connectivity index (χ0n) is 17.9. The number of hydrogen-bond donors (Lipinski definition) is 2. The quantitative estimate of drug-likeness (QED) is 0.639. The van der Waals surface area contributed by atoms with Crippen LogP contribution >= 0.6 is 0 Å². The molecule has 0 spiro atoms. The highest BCUT2D eigenvalue weighted by Gasteiger charge is 2.19. The van der Waals surface area contributed by atoms with Crippen molar-refractivity contribution < 1.29 is 9.59 Å². The molecule has 3 aromatic heterocycles. The molecular formula is C23H31N5O2. The highest BCUT2D eigenvalue weighted by Crippen LogP contribution is 2.32. The molecule has 1 aliphatic carbocycles. The molecule has 160 valence electrons. The van der Waals surface area contributed by atoms with Crippen LogP contribution < -0.4 is 5.32 Å². The van der Waals surface area contributed by atoms with E-state index < -0.39 is 0 Å². The maximum Gasteiger partial charge on any atom is 0.137 e. The summed E-state index contributed by atoms with van der Waals surface area (Å²) in [5.41, 5.74) is 4.10. The minimum atomic E-state index is 0.504. The third-order valence-electron chi connectivity index (χ3n) is 5.13. The lowest BCUT2D eigenvalue weighted by molar-refractivity contribution is -0.0987. The molecule has 7 nitrogen and oxygen atoms in total. The van der Waals surface area contributed by atoms with Crippen LogP contribution in [0.2, 0.25) is 0 Å². The zero-order chi connectivity index (χ0) is 21.9. The molecule has 1 aliphatic rings. The summed E-state index contributed by atoms with van der Waals surface area (Å²) >= 11 is 0. The Bertz CT molecular complexity index is 917. The Balaban J connectivity index is 0.000000757. The Morgan fingerprint density at radius 1 is 1.07 bits per heavy atom. The number of H-pyrrole nitrogens is 1. The third-order valence-corrected chi connectivity index (χ3v) is 5.13. The first-order chi connectivity index (χ1) is 14.7. The van der Waals surface area contributed by atoms with Gasteiger partial charge in [0.05, 0.1) is 16.6 Å². The predicted molar refractivity (Wildman–Crippen MR) is 120 cm³/mol. The van der Waals surface area contributed by atoms with Crippen molar-refractivity contribution in [3.63, 3.8) is 0 Å². The molecule has 0 atom stereocenters. The van der Waals surface area contributed by atoms with E-state index in [0.717, 1.165) is 34.5 Å². The number of hydrogen-bond acceptors (Lipinski definition) is 6. The van der Waals surface area contributed by atoms with Gasteiger partial charge in [0, 0.05) is 18.4 Å². The van der Waals surface area contributed by atoms with Crippen molar-refractivity contribution >= 4 is 30.3 Å². The Labute approximate surface area is 177 Å². The number of aromatic nitrogens is 4. The molecule has 0 bridgehead atoms. The zero-order valence-corrected chi connectivity index (χ0v) is 17.9. The molecule has 7 heteroatoms. The predicted octanol–water partition coefficient (Wildman–Crippen LogP) is 4.59. The van der Waals surface area contributed by atoms with Gasteiger partial charge >= 0.3 is 0 Å². The number of carbonyl (C=O) groups excluding carboxylic acids is 2. The van der Waals surface area contributed by atoms with Crippen molar-refractivity contribution in [3.05, 3.63) is 36.2 Å². The number of carbonyl (C=O) groups is 2. The molecule has 1 fully saturated rings. The lowest BCUT2D eigenvalue weighted by atomic mass is 9.95. The average molecular weight is 410 g/mol. The highest BCUT2D eigenvalue weighted by molar-refractivity contribution is 5.99. The molecule has 3 aromatic rings. The minimum absolute atomic E-state index is 0.504. The third kappa shape index (κ3) is 5.72. The van der Waals surface area contributed by atoms with Gasteiger partial charge in [0.2, 0.25) is 0 Å². The Morgan fingerprint density at radius 2 is 1.77 bits per heavy atom. The Hall–Kier alpha value is -3.09. The van der Waals surface area contributed by atoms with E-state index in [9.17, 15) is 0 Å². The van der Waals surface area contributed by atoms with Gasteiger partial charge in [-0.15, -0.1) is 0 Å². The first-order valence-corrected chi connectivity index (χ1v) is 10.3. The van der Waals surface area contributed by atoms with E-state index >= 15 is 0 Å². The highest BCUT2D eigenvalue weighted by atomic mass is 16.1. The lowest BCUT2D eigenvalue weighted by Crippen LogP contribution is -2.22. The summed E-state index contributed by atoms with van der Waals surface area (Å²) in [4.78, 5) is 25.2. The van der Waals surface area contributed by atoms with E-state index in [1.54, 1.807) is 0 Å². The molecule has 0 aromatic carbocycles. The maximum atomic E-state index is 8.00. The normalized spacial score (nSPS) is 13.8. The van der Waals surface area contributed by atoms with Crippen LogP contribution in [0.15, 0.2) is 30.6 Å². The van der Waals surface area contributed by atoms with Gasteiger partial charge in [-0.25, -0.2) is 4.98 Å². The second-order valence-electron chi connectivity index (χ2n) is 7.78. The number of rotatable bonds is 5. The van der Waals surface area contributed by atoms with Crippen molar-refractivity contribution in [1.82, 2.24) is 20.2 Å². The van der Waals surface area contributed by atoms with Crippen molar-refractivity contribution in [2.45, 2.75) is 58.4 Å². The van der Waals surface area contributed by atoms with Gasteiger partial charge in [0.25, 0.3) is 0 Å². The molecule has 30 heavy (non-hydrogen) atoms. The number of pyridine rings is 2. The van der Waals surface area contributed by atoms with Crippen molar-refractivity contribution in [1.29, 1.82) is 0 Å². The SMILES string of the molecule is C=O.C=O.CC(C)Cc1ccnc(-c2n[nH]c3ccnc(NC4CCCCC4)c23)c1. The summed E-state index contributed by atoms with van der Waals surface area (Å²) in [7, 11) is 0. The van der Waals surface area contributed by atoms with Crippen molar-refractivity contribution in [3.8, 4) is 11.4 Å². The smallest absolute Gasteiger partial charge is 0.137 e. The van der Waals surface area contributed by atoms with Crippen LogP contribution in [0.1, 0.15) is 51.5 Å². The van der Waals surface area contributed by atoms with Crippen molar-refractivity contribution in [2.75, 3.05) is 5.32 Å². The topological polar surface area (TPSA) is 101 Å². The van der Waals surface area contributed by atoms with Crippen molar-refractivity contribution in [2.24, 2.45) is 5.92 Å². The van der Waals surface area contributed by atoms with Crippen LogP contribution in [-0.2, 0) is 16.0 Å². The first kappa shape index (κ1) is 23.2. The number of nitrogens with one attached hydrogen (secondary N) is 2. The van der Waals surface area contributed by atoms with Crippen LogP contribution in [0.25, 0.3) is 22.3 Å². The second kappa shape index (κ2) is 11.8. The molecule has 0 radical (unpaired) electrons. The fourth-order valence-corrected chi connectivity index (χ4v) is 3.90. The largest absolute Gasteiger partial charge is 0.367 e. The van der Waals surface area contributed by atoms with E-state index in [0.29, 0.717) is 12.0 Å². The van der Waals surface area contributed by atoms with E-state index in [4.69, 9.17) is 9.59 Å². The van der Waals surface area contributed by atoms with E-state index in [-0.39, 0.29) is 0 Å². The Morgan fingerprint density at radius 3 is 2.47 bits per heavy atom. The summed E-state index contributed by atoms with van der Waals surface area (Å²) in [6, 6.07) is 6.74. The van der Waals surface area contributed by atoms with Gasteiger partial charge in [0.1, 0.15) is 25.1 Å². The average Bonchev–Trinajstić information content (AvgIpc) is 3.22.